The Kier molecular flexibility index (Phi) is 7.02. The van der Waals surface area contributed by atoms with E-state index in [9.17, 15) is 14.0 Å². The molecule has 0 fully saturated rings. The van der Waals surface area contributed by atoms with Crippen LogP contribution in [0.15, 0.2) is 42.5 Å². The quantitative estimate of drug-likeness (QED) is 0.702. The molecule has 1 amide bonds. The Morgan fingerprint density at radius 1 is 1.18 bits per heavy atom. The molecule has 0 radical (unpaired) electrons. The van der Waals surface area contributed by atoms with E-state index in [1.807, 2.05) is 0 Å². The maximum Gasteiger partial charge on any atom is 0.407 e. The maximum absolute atomic E-state index is 14.0. The molecule has 0 aliphatic heterocycles. The summed E-state index contributed by atoms with van der Waals surface area (Å²) in [5.41, 5.74) is 1.15. The zero-order valence-electron chi connectivity index (χ0n) is 16.0. The molecular weight excluding hydrogens is 385 g/mol. The molecule has 0 heterocycles. The molecule has 0 bridgehead atoms. The van der Waals surface area contributed by atoms with E-state index in [4.69, 9.17) is 21.4 Å². The summed E-state index contributed by atoms with van der Waals surface area (Å²) in [7, 11) is 0. The minimum absolute atomic E-state index is 0.246. The SMILES string of the molecule is CC(C)(C)OC(=O)NC(CC(=O)O)Cc1ccc(-c2cc(Cl)ccc2F)cc1. The Hall–Kier alpha value is -2.60. The second kappa shape index (κ2) is 9.06. The number of carbonyl (C=O) groups excluding carboxylic acids is 1. The number of rotatable bonds is 6. The smallest absolute Gasteiger partial charge is 0.407 e. The van der Waals surface area contributed by atoms with Crippen LogP contribution in [0, 0.1) is 5.82 Å². The first-order chi connectivity index (χ1) is 13.0. The van der Waals surface area contributed by atoms with Crippen molar-refractivity contribution in [2.45, 2.75) is 45.3 Å². The minimum Gasteiger partial charge on any atom is -0.481 e. The summed E-state index contributed by atoms with van der Waals surface area (Å²) in [4.78, 5) is 23.1. The average Bonchev–Trinajstić information content (AvgIpc) is 2.55. The van der Waals surface area contributed by atoms with Crippen LogP contribution in [0.3, 0.4) is 0 Å². The molecule has 0 saturated carbocycles. The maximum atomic E-state index is 14.0. The third kappa shape index (κ3) is 6.85. The minimum atomic E-state index is -1.03. The normalized spacial score (nSPS) is 12.3. The van der Waals surface area contributed by atoms with Crippen molar-refractivity contribution in [3.63, 3.8) is 0 Å². The van der Waals surface area contributed by atoms with Crippen LogP contribution in [0.5, 0.6) is 0 Å². The molecule has 0 spiro atoms. The van der Waals surface area contributed by atoms with E-state index in [-0.39, 0.29) is 12.2 Å². The van der Waals surface area contributed by atoms with E-state index in [1.54, 1.807) is 51.1 Å². The van der Waals surface area contributed by atoms with Crippen LogP contribution >= 0.6 is 11.6 Å². The van der Waals surface area contributed by atoms with E-state index < -0.39 is 23.7 Å². The van der Waals surface area contributed by atoms with E-state index in [0.717, 1.165) is 5.56 Å². The van der Waals surface area contributed by atoms with Crippen molar-refractivity contribution in [3.05, 3.63) is 58.9 Å². The summed E-state index contributed by atoms with van der Waals surface area (Å²) in [6.07, 6.45) is -0.621. The number of aliphatic carboxylic acids is 1. The second-order valence-corrected chi connectivity index (χ2v) is 7.90. The van der Waals surface area contributed by atoms with E-state index >= 15 is 0 Å². The van der Waals surface area contributed by atoms with Gasteiger partial charge in [-0.05, 0) is 56.5 Å². The number of hydrogen-bond acceptors (Lipinski definition) is 3. The lowest BCUT2D eigenvalue weighted by Gasteiger charge is -2.23. The van der Waals surface area contributed by atoms with Gasteiger partial charge in [-0.25, -0.2) is 9.18 Å². The van der Waals surface area contributed by atoms with Crippen molar-refractivity contribution >= 4 is 23.7 Å². The van der Waals surface area contributed by atoms with Crippen molar-refractivity contribution in [2.75, 3.05) is 0 Å². The molecule has 0 aromatic heterocycles. The second-order valence-electron chi connectivity index (χ2n) is 7.47. The topological polar surface area (TPSA) is 75.6 Å². The fourth-order valence-corrected chi connectivity index (χ4v) is 2.85. The van der Waals surface area contributed by atoms with Crippen molar-refractivity contribution in [3.8, 4) is 11.1 Å². The molecule has 2 N–H and O–H groups in total. The van der Waals surface area contributed by atoms with Crippen LogP contribution in [0.1, 0.15) is 32.8 Å². The summed E-state index contributed by atoms with van der Waals surface area (Å²) in [5, 5.41) is 12.1. The Bertz CT molecular complexity index is 846. The van der Waals surface area contributed by atoms with Gasteiger partial charge in [-0.3, -0.25) is 4.79 Å². The lowest BCUT2D eigenvalue weighted by Crippen LogP contribution is -2.41. The van der Waals surface area contributed by atoms with Crippen LogP contribution < -0.4 is 5.32 Å². The molecule has 1 atom stereocenters. The third-order valence-corrected chi connectivity index (χ3v) is 4.05. The van der Waals surface area contributed by atoms with Crippen molar-refractivity contribution in [2.24, 2.45) is 0 Å². The van der Waals surface area contributed by atoms with Gasteiger partial charge in [-0.2, -0.15) is 0 Å². The number of halogens is 2. The van der Waals surface area contributed by atoms with E-state index in [2.05, 4.69) is 5.32 Å². The van der Waals surface area contributed by atoms with Gasteiger partial charge in [0.15, 0.2) is 0 Å². The Morgan fingerprint density at radius 2 is 1.82 bits per heavy atom. The first kappa shape index (κ1) is 21.7. The fourth-order valence-electron chi connectivity index (χ4n) is 2.68. The Labute approximate surface area is 168 Å². The van der Waals surface area contributed by atoms with Crippen LogP contribution in [-0.2, 0) is 16.0 Å². The molecule has 0 aliphatic carbocycles. The number of alkyl carbamates (subject to hydrolysis) is 1. The highest BCUT2D eigenvalue weighted by Gasteiger charge is 2.21. The summed E-state index contributed by atoms with van der Waals surface area (Å²) < 4.78 is 19.2. The van der Waals surface area contributed by atoms with Gasteiger partial charge in [0.25, 0.3) is 0 Å². The van der Waals surface area contributed by atoms with E-state index in [1.165, 1.54) is 12.1 Å². The zero-order valence-corrected chi connectivity index (χ0v) is 16.7. The molecule has 28 heavy (non-hydrogen) atoms. The molecule has 5 nitrogen and oxygen atoms in total. The monoisotopic (exact) mass is 407 g/mol. The average molecular weight is 408 g/mol. The number of ether oxygens (including phenoxy) is 1. The van der Waals surface area contributed by atoms with Gasteiger partial charge in [0.2, 0.25) is 0 Å². The molecule has 1 unspecified atom stereocenters. The van der Waals surface area contributed by atoms with Crippen LogP contribution in [0.2, 0.25) is 5.02 Å². The largest absolute Gasteiger partial charge is 0.481 e. The van der Waals surface area contributed by atoms with Crippen LogP contribution in [0.4, 0.5) is 9.18 Å². The number of amides is 1. The molecular formula is C21H23ClFNO4. The van der Waals surface area contributed by atoms with Gasteiger partial charge in [0.05, 0.1) is 6.42 Å². The van der Waals surface area contributed by atoms with Gasteiger partial charge in [0, 0.05) is 16.6 Å². The van der Waals surface area contributed by atoms with Crippen molar-refractivity contribution in [1.82, 2.24) is 5.32 Å². The standard InChI is InChI=1S/C21H23ClFNO4/c1-21(2,3)28-20(27)24-16(12-19(25)26)10-13-4-6-14(7-5-13)17-11-15(22)8-9-18(17)23/h4-9,11,16H,10,12H2,1-3H3,(H,24,27)(H,25,26). The highest BCUT2D eigenvalue weighted by Crippen LogP contribution is 2.26. The van der Waals surface area contributed by atoms with Crippen molar-refractivity contribution in [1.29, 1.82) is 0 Å². The van der Waals surface area contributed by atoms with Gasteiger partial charge in [0.1, 0.15) is 11.4 Å². The number of carboxylic acids is 1. The van der Waals surface area contributed by atoms with Crippen molar-refractivity contribution < 1.29 is 23.8 Å². The first-order valence-corrected chi connectivity index (χ1v) is 9.17. The number of carboxylic acid groups (broad SMARTS) is 1. The number of nitrogens with one attached hydrogen (secondary N) is 1. The first-order valence-electron chi connectivity index (χ1n) is 8.79. The zero-order chi connectivity index (χ0) is 20.9. The van der Waals surface area contributed by atoms with Crippen LogP contribution in [0.25, 0.3) is 11.1 Å². The summed E-state index contributed by atoms with van der Waals surface area (Å²) in [6.45, 7) is 5.19. The molecule has 7 heteroatoms. The Morgan fingerprint density at radius 3 is 2.39 bits per heavy atom. The number of benzene rings is 2. The van der Waals surface area contributed by atoms with Gasteiger partial charge in [-0.1, -0.05) is 35.9 Å². The third-order valence-electron chi connectivity index (χ3n) is 3.82. The predicted molar refractivity (Wildman–Crippen MR) is 106 cm³/mol. The van der Waals surface area contributed by atoms with Gasteiger partial charge < -0.3 is 15.2 Å². The lowest BCUT2D eigenvalue weighted by molar-refractivity contribution is -0.137. The highest BCUT2D eigenvalue weighted by atomic mass is 35.5. The molecule has 2 aromatic rings. The molecule has 2 aromatic carbocycles. The number of carbonyl (C=O) groups is 2. The fraction of sp³-hybridized carbons (Fsp3) is 0.333. The van der Waals surface area contributed by atoms with Crippen LogP contribution in [-0.4, -0.2) is 28.8 Å². The highest BCUT2D eigenvalue weighted by molar-refractivity contribution is 6.30. The summed E-state index contributed by atoms with van der Waals surface area (Å²) in [6, 6.07) is 10.7. The molecule has 0 saturated heterocycles. The van der Waals surface area contributed by atoms with Gasteiger partial charge in [-0.15, -0.1) is 0 Å². The predicted octanol–water partition coefficient (Wildman–Crippen LogP) is 5.06. The summed E-state index contributed by atoms with van der Waals surface area (Å²) in [5.74, 6) is -1.41. The molecule has 150 valence electrons. The lowest BCUT2D eigenvalue weighted by atomic mass is 9.99. The Balaban J connectivity index is 2.12. The number of hydrogen-bond donors (Lipinski definition) is 2. The summed E-state index contributed by atoms with van der Waals surface area (Å²) >= 11 is 5.94. The molecule has 0 aliphatic rings. The molecule has 2 rings (SSSR count). The van der Waals surface area contributed by atoms with E-state index in [0.29, 0.717) is 22.6 Å². The van der Waals surface area contributed by atoms with Gasteiger partial charge >= 0.3 is 12.1 Å².